The molecule has 4 heteroatoms. The number of nitrogens with zero attached hydrogens (tertiary/aromatic N) is 4. The molecule has 9 aromatic rings. The highest BCUT2D eigenvalue weighted by molar-refractivity contribution is 6.10. The van der Waals surface area contributed by atoms with Crippen molar-refractivity contribution in [3.05, 3.63) is 182 Å². The van der Waals surface area contributed by atoms with Gasteiger partial charge in [-0.3, -0.25) is 4.98 Å². The van der Waals surface area contributed by atoms with E-state index >= 15 is 0 Å². The van der Waals surface area contributed by atoms with Crippen LogP contribution in [0.25, 0.3) is 89.2 Å². The first kappa shape index (κ1) is 29.4. The lowest BCUT2D eigenvalue weighted by Gasteiger charge is -2.16. The van der Waals surface area contributed by atoms with E-state index in [0.717, 1.165) is 83.8 Å². The summed E-state index contributed by atoms with van der Waals surface area (Å²) in [7, 11) is 0. The summed E-state index contributed by atoms with van der Waals surface area (Å²) in [5, 5.41) is 3.39. The maximum Gasteiger partial charge on any atom is 0.0973 e. The molecule has 0 fully saturated rings. The van der Waals surface area contributed by atoms with Crippen LogP contribution in [-0.4, -0.2) is 19.9 Å². The highest BCUT2D eigenvalue weighted by atomic mass is 14.9. The first-order valence-corrected chi connectivity index (χ1v) is 16.7. The quantitative estimate of drug-likeness (QED) is 0.170. The zero-order chi connectivity index (χ0) is 33.3. The summed E-state index contributed by atoms with van der Waals surface area (Å²) in [5.74, 6) is 0. The minimum Gasteiger partial charge on any atom is -0.255 e. The molecule has 0 unspecified atom stereocenters. The summed E-state index contributed by atoms with van der Waals surface area (Å²) in [4.78, 5) is 20.8. The second-order valence-corrected chi connectivity index (χ2v) is 12.2. The standard InChI is InChI=1S/C46H30N4/c1-4-15-31(16-5-1)42-43(32-17-6-2-7-18-32)50-45(44(49-42)33-19-8-3-9-20-33)36-22-14-21-34(29-36)35-27-28-47-41(30-35)46-39-25-11-10-23-37(39)38-24-12-13-26-40(38)48-46/h1-30H. The van der Waals surface area contributed by atoms with Gasteiger partial charge >= 0.3 is 0 Å². The predicted molar refractivity (Wildman–Crippen MR) is 205 cm³/mol. The lowest BCUT2D eigenvalue weighted by Crippen LogP contribution is -2.01. The van der Waals surface area contributed by atoms with E-state index in [4.69, 9.17) is 19.9 Å². The smallest absolute Gasteiger partial charge is 0.0973 e. The number of rotatable bonds is 6. The average Bonchev–Trinajstić information content (AvgIpc) is 3.21. The molecular weight excluding hydrogens is 609 g/mol. The van der Waals surface area contributed by atoms with Gasteiger partial charge in [-0.2, -0.15) is 0 Å². The van der Waals surface area contributed by atoms with Crippen molar-refractivity contribution in [1.29, 1.82) is 0 Å². The SMILES string of the molecule is c1ccc(-c2nc(-c3ccccc3)c(-c3cccc(-c4ccnc(-c5nc6ccccc6c6ccccc56)c4)c3)nc2-c2ccccc2)cc1. The monoisotopic (exact) mass is 638 g/mol. The Kier molecular flexibility index (Phi) is 7.45. The van der Waals surface area contributed by atoms with Gasteiger partial charge in [0, 0.05) is 39.2 Å². The number of para-hydroxylation sites is 1. The van der Waals surface area contributed by atoms with Crippen LogP contribution in [0.3, 0.4) is 0 Å². The van der Waals surface area contributed by atoms with Crippen LogP contribution in [0.5, 0.6) is 0 Å². The minimum atomic E-state index is 0.827. The van der Waals surface area contributed by atoms with Crippen LogP contribution in [0.1, 0.15) is 0 Å². The molecule has 0 atom stereocenters. The van der Waals surface area contributed by atoms with Gasteiger partial charge in [0.15, 0.2) is 0 Å². The van der Waals surface area contributed by atoms with Gasteiger partial charge in [-0.15, -0.1) is 0 Å². The van der Waals surface area contributed by atoms with Crippen molar-refractivity contribution in [1.82, 2.24) is 19.9 Å². The highest BCUT2D eigenvalue weighted by Crippen LogP contribution is 2.39. The van der Waals surface area contributed by atoms with E-state index in [0.29, 0.717) is 0 Å². The molecule has 0 radical (unpaired) electrons. The molecule has 3 aromatic heterocycles. The van der Waals surface area contributed by atoms with E-state index < -0.39 is 0 Å². The number of fused-ring (bicyclic) bond motifs is 3. The maximum absolute atomic E-state index is 5.44. The summed E-state index contributed by atoms with van der Waals surface area (Å²) in [6, 6.07) is 60.5. The van der Waals surface area contributed by atoms with Crippen LogP contribution in [0, 0.1) is 0 Å². The Balaban J connectivity index is 1.22. The first-order chi connectivity index (χ1) is 24.8. The Morgan fingerprint density at radius 3 is 1.36 bits per heavy atom. The Bertz CT molecular complexity index is 2640. The van der Waals surface area contributed by atoms with Crippen molar-refractivity contribution in [2.75, 3.05) is 0 Å². The fraction of sp³-hybridized carbons (Fsp3) is 0. The zero-order valence-electron chi connectivity index (χ0n) is 27.1. The molecule has 0 spiro atoms. The first-order valence-electron chi connectivity index (χ1n) is 16.7. The molecule has 0 aliphatic carbocycles. The molecule has 50 heavy (non-hydrogen) atoms. The summed E-state index contributed by atoms with van der Waals surface area (Å²) >= 11 is 0. The molecule has 6 aromatic carbocycles. The molecule has 9 rings (SSSR count). The molecule has 0 saturated carbocycles. The van der Waals surface area contributed by atoms with Crippen molar-refractivity contribution < 1.29 is 0 Å². The van der Waals surface area contributed by atoms with Gasteiger partial charge in [0.2, 0.25) is 0 Å². The summed E-state index contributed by atoms with van der Waals surface area (Å²) in [6.07, 6.45) is 1.88. The Morgan fingerprint density at radius 2 is 0.740 bits per heavy atom. The van der Waals surface area contributed by atoms with Crippen LogP contribution >= 0.6 is 0 Å². The number of hydrogen-bond acceptors (Lipinski definition) is 4. The van der Waals surface area contributed by atoms with Crippen LogP contribution in [0.4, 0.5) is 0 Å². The molecule has 3 heterocycles. The topological polar surface area (TPSA) is 51.6 Å². The number of aromatic nitrogens is 4. The Hall–Kier alpha value is -6.78. The maximum atomic E-state index is 5.44. The molecule has 0 saturated heterocycles. The molecule has 0 aliphatic heterocycles. The zero-order valence-corrected chi connectivity index (χ0v) is 27.1. The second-order valence-electron chi connectivity index (χ2n) is 12.2. The van der Waals surface area contributed by atoms with Gasteiger partial charge in [0.25, 0.3) is 0 Å². The van der Waals surface area contributed by atoms with E-state index in [1.54, 1.807) is 0 Å². The van der Waals surface area contributed by atoms with E-state index in [1.165, 1.54) is 5.39 Å². The van der Waals surface area contributed by atoms with E-state index in [-0.39, 0.29) is 0 Å². The van der Waals surface area contributed by atoms with Gasteiger partial charge in [0.05, 0.1) is 39.7 Å². The van der Waals surface area contributed by atoms with Gasteiger partial charge in [-0.25, -0.2) is 15.0 Å². The van der Waals surface area contributed by atoms with Gasteiger partial charge in [-0.1, -0.05) is 152 Å². The Morgan fingerprint density at radius 1 is 0.280 bits per heavy atom. The highest BCUT2D eigenvalue weighted by Gasteiger charge is 2.20. The lowest BCUT2D eigenvalue weighted by atomic mass is 9.96. The fourth-order valence-corrected chi connectivity index (χ4v) is 6.71. The lowest BCUT2D eigenvalue weighted by molar-refractivity contribution is 1.21. The number of benzene rings is 6. The molecule has 0 amide bonds. The van der Waals surface area contributed by atoms with Crippen molar-refractivity contribution >= 4 is 21.7 Å². The normalized spacial score (nSPS) is 11.2. The third-order valence-electron chi connectivity index (χ3n) is 9.12. The van der Waals surface area contributed by atoms with Crippen molar-refractivity contribution in [3.63, 3.8) is 0 Å². The minimum absolute atomic E-state index is 0.827. The predicted octanol–water partition coefficient (Wildman–Crippen LogP) is 11.6. The van der Waals surface area contributed by atoms with Gasteiger partial charge in [0.1, 0.15) is 0 Å². The van der Waals surface area contributed by atoms with Gasteiger partial charge in [-0.05, 0) is 40.8 Å². The summed E-state index contributed by atoms with van der Waals surface area (Å²) < 4.78 is 0. The summed E-state index contributed by atoms with van der Waals surface area (Å²) in [5.41, 5.74) is 12.2. The summed E-state index contributed by atoms with van der Waals surface area (Å²) in [6.45, 7) is 0. The van der Waals surface area contributed by atoms with E-state index in [9.17, 15) is 0 Å². The van der Waals surface area contributed by atoms with Crippen molar-refractivity contribution in [3.8, 4) is 67.5 Å². The molecule has 0 aliphatic rings. The molecule has 0 N–H and O–H groups in total. The molecule has 0 bridgehead atoms. The molecule has 234 valence electrons. The van der Waals surface area contributed by atoms with Crippen LogP contribution in [0.2, 0.25) is 0 Å². The third-order valence-corrected chi connectivity index (χ3v) is 9.12. The third kappa shape index (κ3) is 5.39. The molecular formula is C46H30N4. The van der Waals surface area contributed by atoms with E-state index in [2.05, 4.69) is 115 Å². The largest absolute Gasteiger partial charge is 0.255 e. The second kappa shape index (κ2) is 12.7. The number of pyridine rings is 2. The Labute approximate surface area is 290 Å². The van der Waals surface area contributed by atoms with Crippen molar-refractivity contribution in [2.45, 2.75) is 0 Å². The van der Waals surface area contributed by atoms with Crippen LogP contribution in [-0.2, 0) is 0 Å². The fourth-order valence-electron chi connectivity index (χ4n) is 6.71. The average molecular weight is 639 g/mol. The molecule has 4 nitrogen and oxygen atoms in total. The van der Waals surface area contributed by atoms with E-state index in [1.807, 2.05) is 66.9 Å². The van der Waals surface area contributed by atoms with Crippen LogP contribution in [0.15, 0.2) is 182 Å². The van der Waals surface area contributed by atoms with Crippen molar-refractivity contribution in [2.24, 2.45) is 0 Å². The number of hydrogen-bond donors (Lipinski definition) is 0. The van der Waals surface area contributed by atoms with Crippen LogP contribution < -0.4 is 0 Å². The van der Waals surface area contributed by atoms with Gasteiger partial charge < -0.3 is 0 Å².